The minimum absolute atomic E-state index is 0.105. The van der Waals surface area contributed by atoms with Gasteiger partial charge in [0.05, 0.1) is 26.1 Å². The van der Waals surface area contributed by atoms with E-state index >= 15 is 0 Å². The summed E-state index contributed by atoms with van der Waals surface area (Å²) in [4.78, 5) is 0. The zero-order chi connectivity index (χ0) is 26.6. The molecular formula is C28H52O6SSi. The summed E-state index contributed by atoms with van der Waals surface area (Å²) in [7, 11) is -5.30. The fraction of sp³-hybridized carbons (Fsp3) is 1.00. The number of fused-ring (bicyclic) bond motifs is 2. The van der Waals surface area contributed by atoms with Crippen LogP contribution < -0.4 is 0 Å². The lowest BCUT2D eigenvalue weighted by molar-refractivity contribution is -0.236. The van der Waals surface area contributed by atoms with Crippen LogP contribution in [0.1, 0.15) is 92.4 Å². The molecular weight excluding hydrogens is 492 g/mol. The van der Waals surface area contributed by atoms with Crippen LogP contribution in [0, 0.1) is 28.6 Å². The lowest BCUT2D eigenvalue weighted by Gasteiger charge is -2.55. The molecule has 1 spiro atoms. The van der Waals surface area contributed by atoms with Gasteiger partial charge in [0.15, 0.2) is 14.1 Å². The minimum Gasteiger partial charge on any atom is -0.414 e. The van der Waals surface area contributed by atoms with Crippen LogP contribution in [-0.2, 0) is 28.2 Å². The molecule has 6 atom stereocenters. The van der Waals surface area contributed by atoms with Crippen molar-refractivity contribution in [3.8, 4) is 0 Å². The van der Waals surface area contributed by atoms with Gasteiger partial charge in [-0.25, -0.2) is 0 Å². The Balaban J connectivity index is 1.50. The summed E-state index contributed by atoms with van der Waals surface area (Å²) in [6.45, 7) is 18.2. The van der Waals surface area contributed by atoms with Gasteiger partial charge in [0, 0.05) is 17.9 Å². The average Bonchev–Trinajstić information content (AvgIpc) is 3.34. The summed E-state index contributed by atoms with van der Waals surface area (Å²) < 4.78 is 48.1. The van der Waals surface area contributed by atoms with E-state index in [9.17, 15) is 8.42 Å². The maximum atomic E-state index is 11.7. The highest BCUT2D eigenvalue weighted by atomic mass is 32.2. The summed E-state index contributed by atoms with van der Waals surface area (Å²) >= 11 is 0. The summed E-state index contributed by atoms with van der Waals surface area (Å²) in [6, 6.07) is 0. The molecule has 3 saturated carbocycles. The van der Waals surface area contributed by atoms with Crippen LogP contribution >= 0.6 is 0 Å². The highest BCUT2D eigenvalue weighted by Crippen LogP contribution is 2.65. The number of hydrogen-bond acceptors (Lipinski definition) is 6. The summed E-state index contributed by atoms with van der Waals surface area (Å²) in [5, 5.41) is 0.180. The molecule has 0 unspecified atom stereocenters. The van der Waals surface area contributed by atoms with Crippen molar-refractivity contribution in [2.24, 2.45) is 28.6 Å². The minimum atomic E-state index is -3.43. The largest absolute Gasteiger partial charge is 0.414 e. The molecule has 3 aliphatic carbocycles. The van der Waals surface area contributed by atoms with Gasteiger partial charge in [-0.15, -0.1) is 0 Å². The Hall–Kier alpha value is 0.00688. The molecule has 8 heteroatoms. The topological polar surface area (TPSA) is 71.1 Å². The van der Waals surface area contributed by atoms with Gasteiger partial charge in [0.1, 0.15) is 0 Å². The van der Waals surface area contributed by atoms with Crippen molar-refractivity contribution < 1.29 is 26.5 Å². The first kappa shape index (κ1) is 29.0. The second-order valence-electron chi connectivity index (χ2n) is 14.4. The standard InChI is InChI=1S/C28H52O6SSi/c1-25(2,3)36(7,8)34-24-11-13-26(4,22(20-24)12-16-33-35(6,29)30)21-9-14-27(5)23(19-21)10-15-28(27)31-17-18-32-28/h21-24H,9-20H2,1-8H3/t21-,22-,23-,24-,26+,27-/m0/s1. The average molecular weight is 545 g/mol. The molecule has 4 fully saturated rings. The first-order valence-electron chi connectivity index (χ1n) is 14.3. The van der Waals surface area contributed by atoms with Gasteiger partial charge in [0.25, 0.3) is 10.1 Å². The molecule has 1 aliphatic heterocycles. The van der Waals surface area contributed by atoms with Gasteiger partial charge >= 0.3 is 0 Å². The van der Waals surface area contributed by atoms with E-state index in [0.29, 0.717) is 17.8 Å². The van der Waals surface area contributed by atoms with Crippen LogP contribution in [0.5, 0.6) is 0 Å². The fourth-order valence-electron chi connectivity index (χ4n) is 7.92. The Morgan fingerprint density at radius 1 is 0.944 bits per heavy atom. The summed E-state index contributed by atoms with van der Waals surface area (Å²) in [6.07, 6.45) is 11.2. The SMILES string of the molecule is CC(C)(C)[Si](C)(C)O[C@H]1CC[C@](C)([C@H]2CC[C@@]3(C)[C@@H](CCC34OCCO4)C2)[C@@H](CCOS(C)(=O)=O)C1. The molecule has 0 N–H and O–H groups in total. The van der Waals surface area contributed by atoms with Crippen molar-refractivity contribution in [1.82, 2.24) is 0 Å². The summed E-state index contributed by atoms with van der Waals surface area (Å²) in [5.74, 6) is 1.29. The Morgan fingerprint density at radius 2 is 1.58 bits per heavy atom. The number of hydrogen-bond donors (Lipinski definition) is 0. The third-order valence-corrected chi connectivity index (χ3v) is 16.5. The highest BCUT2D eigenvalue weighted by Gasteiger charge is 2.63. The molecule has 4 aliphatic rings. The van der Waals surface area contributed by atoms with Crippen LogP contribution in [0.2, 0.25) is 18.1 Å². The number of ether oxygens (including phenoxy) is 2. The van der Waals surface area contributed by atoms with Gasteiger partial charge in [-0.2, -0.15) is 8.42 Å². The van der Waals surface area contributed by atoms with Crippen molar-refractivity contribution in [3.63, 3.8) is 0 Å². The van der Waals surface area contributed by atoms with Crippen molar-refractivity contribution in [2.45, 2.75) is 122 Å². The Labute approximate surface area is 221 Å². The predicted octanol–water partition coefficient (Wildman–Crippen LogP) is 6.51. The van der Waals surface area contributed by atoms with Crippen LogP contribution in [0.4, 0.5) is 0 Å². The Bertz CT molecular complexity index is 892. The Morgan fingerprint density at radius 3 is 2.19 bits per heavy atom. The molecule has 0 aromatic heterocycles. The lowest BCUT2D eigenvalue weighted by atomic mass is 9.52. The predicted molar refractivity (Wildman–Crippen MR) is 146 cm³/mol. The lowest BCUT2D eigenvalue weighted by Crippen LogP contribution is -2.52. The van der Waals surface area contributed by atoms with E-state index in [0.717, 1.165) is 58.0 Å². The molecule has 1 saturated heterocycles. The van der Waals surface area contributed by atoms with Crippen molar-refractivity contribution in [3.05, 3.63) is 0 Å². The molecule has 210 valence electrons. The fourth-order valence-corrected chi connectivity index (χ4v) is 9.72. The third-order valence-electron chi connectivity index (χ3n) is 11.4. The van der Waals surface area contributed by atoms with Crippen molar-refractivity contribution >= 4 is 18.4 Å². The van der Waals surface area contributed by atoms with E-state index in [4.69, 9.17) is 18.1 Å². The van der Waals surface area contributed by atoms with E-state index < -0.39 is 18.4 Å². The van der Waals surface area contributed by atoms with Gasteiger partial charge in [-0.05, 0) is 92.7 Å². The monoisotopic (exact) mass is 544 g/mol. The van der Waals surface area contributed by atoms with E-state index in [1.165, 1.54) is 19.3 Å². The van der Waals surface area contributed by atoms with Gasteiger partial charge in [0.2, 0.25) is 0 Å². The van der Waals surface area contributed by atoms with E-state index in [2.05, 4.69) is 47.7 Å². The summed E-state index contributed by atoms with van der Waals surface area (Å²) in [5.41, 5.74) is 0.274. The third kappa shape index (κ3) is 5.38. The van der Waals surface area contributed by atoms with Crippen LogP contribution in [0.3, 0.4) is 0 Å². The quantitative estimate of drug-likeness (QED) is 0.269. The van der Waals surface area contributed by atoms with E-state index in [1.807, 2.05) is 0 Å². The van der Waals surface area contributed by atoms with Crippen LogP contribution in [0.15, 0.2) is 0 Å². The van der Waals surface area contributed by atoms with Crippen LogP contribution in [-0.4, -0.2) is 54.7 Å². The zero-order valence-corrected chi connectivity index (χ0v) is 26.0. The second-order valence-corrected chi connectivity index (χ2v) is 20.8. The van der Waals surface area contributed by atoms with Crippen molar-refractivity contribution in [1.29, 1.82) is 0 Å². The maximum absolute atomic E-state index is 11.7. The molecule has 36 heavy (non-hydrogen) atoms. The van der Waals surface area contributed by atoms with E-state index in [-0.39, 0.29) is 34.4 Å². The number of rotatable bonds is 7. The van der Waals surface area contributed by atoms with Crippen molar-refractivity contribution in [2.75, 3.05) is 26.1 Å². The maximum Gasteiger partial charge on any atom is 0.264 e. The molecule has 0 radical (unpaired) electrons. The first-order valence-corrected chi connectivity index (χ1v) is 19.0. The van der Waals surface area contributed by atoms with Gasteiger partial charge in [-0.1, -0.05) is 34.6 Å². The molecule has 0 bridgehead atoms. The molecule has 1 heterocycles. The molecule has 6 nitrogen and oxygen atoms in total. The molecule has 0 amide bonds. The second kappa shape index (κ2) is 9.88. The molecule has 0 aromatic rings. The Kier molecular flexibility index (Phi) is 7.96. The normalized spacial score (nSPS) is 39.4. The van der Waals surface area contributed by atoms with Gasteiger partial charge < -0.3 is 13.9 Å². The zero-order valence-electron chi connectivity index (χ0n) is 24.2. The van der Waals surface area contributed by atoms with E-state index in [1.54, 1.807) is 0 Å². The molecule has 4 rings (SSSR count). The first-order chi connectivity index (χ1) is 16.5. The smallest absolute Gasteiger partial charge is 0.264 e. The molecule has 0 aromatic carbocycles. The van der Waals surface area contributed by atoms with Gasteiger partial charge in [-0.3, -0.25) is 4.18 Å². The highest BCUT2D eigenvalue weighted by molar-refractivity contribution is 7.85. The van der Waals surface area contributed by atoms with Crippen LogP contribution in [0.25, 0.3) is 0 Å².